The van der Waals surface area contributed by atoms with Crippen LogP contribution < -0.4 is 15.4 Å². The van der Waals surface area contributed by atoms with E-state index < -0.39 is 17.4 Å². The second-order valence-corrected chi connectivity index (χ2v) is 7.05. The van der Waals surface area contributed by atoms with Crippen LogP contribution in [0.1, 0.15) is 41.0 Å². The van der Waals surface area contributed by atoms with Crippen molar-refractivity contribution in [2.24, 2.45) is 0 Å². The Balaban J connectivity index is 1.83. The van der Waals surface area contributed by atoms with E-state index in [1.807, 2.05) is 13.8 Å². The smallest absolute Gasteiger partial charge is 0.259 e. The van der Waals surface area contributed by atoms with E-state index in [0.29, 0.717) is 22.7 Å². The molecule has 0 atom stereocenters. The van der Waals surface area contributed by atoms with E-state index in [-0.39, 0.29) is 23.5 Å². The Bertz CT molecular complexity index is 994. The van der Waals surface area contributed by atoms with Crippen LogP contribution in [0.4, 0.5) is 11.4 Å². The van der Waals surface area contributed by atoms with Gasteiger partial charge in [0.2, 0.25) is 5.91 Å². The van der Waals surface area contributed by atoms with Crippen molar-refractivity contribution in [1.29, 1.82) is 0 Å². The minimum Gasteiger partial charge on any atom is -0.507 e. The number of phenols is 1. The fourth-order valence-electron chi connectivity index (χ4n) is 2.92. The minimum atomic E-state index is -0.586. The summed E-state index contributed by atoms with van der Waals surface area (Å²) < 4.78 is 5.79. The summed E-state index contributed by atoms with van der Waals surface area (Å²) in [4.78, 5) is 36.3. The third-order valence-electron chi connectivity index (χ3n) is 4.20. The molecule has 0 spiro atoms. The first kappa shape index (κ1) is 19.2. The van der Waals surface area contributed by atoms with Crippen LogP contribution >= 0.6 is 0 Å². The largest absolute Gasteiger partial charge is 0.507 e. The molecule has 2 aromatic carbocycles. The van der Waals surface area contributed by atoms with Crippen LogP contribution in [0, 0.1) is 0 Å². The normalized spacial score (nSPS) is 14.4. The van der Waals surface area contributed by atoms with E-state index in [2.05, 4.69) is 17.2 Å². The first-order valence-electron chi connectivity index (χ1n) is 8.62. The second kappa shape index (κ2) is 7.19. The second-order valence-electron chi connectivity index (χ2n) is 7.05. The highest BCUT2D eigenvalue weighted by Gasteiger charge is 2.32. The summed E-state index contributed by atoms with van der Waals surface area (Å²) in [6.07, 6.45) is 1.34. The molecule has 0 radical (unpaired) electrons. The lowest BCUT2D eigenvalue weighted by atomic mass is 9.93. The number of rotatable bonds is 4. The molecule has 28 heavy (non-hydrogen) atoms. The van der Waals surface area contributed by atoms with Gasteiger partial charge in [0.05, 0.1) is 17.5 Å². The number of fused-ring (bicyclic) bond motifs is 1. The van der Waals surface area contributed by atoms with Gasteiger partial charge in [-0.15, -0.1) is 0 Å². The summed E-state index contributed by atoms with van der Waals surface area (Å²) in [6, 6.07) is 8.91. The predicted molar refractivity (Wildman–Crippen MR) is 105 cm³/mol. The Kier molecular flexibility index (Phi) is 4.92. The van der Waals surface area contributed by atoms with Gasteiger partial charge in [0.15, 0.2) is 5.78 Å². The molecule has 3 rings (SSSR count). The average Bonchev–Trinajstić information content (AvgIpc) is 2.62. The predicted octanol–water partition coefficient (Wildman–Crippen LogP) is 3.51. The number of phenolic OH excluding ortho intramolecular Hbond substituents is 1. The van der Waals surface area contributed by atoms with E-state index in [9.17, 15) is 19.5 Å². The first-order chi connectivity index (χ1) is 13.2. The van der Waals surface area contributed by atoms with Crippen LogP contribution in [0.15, 0.2) is 49.1 Å². The fourth-order valence-corrected chi connectivity index (χ4v) is 2.92. The number of ether oxygens (including phenoxy) is 1. The van der Waals surface area contributed by atoms with E-state index >= 15 is 0 Å². The molecule has 0 unspecified atom stereocenters. The zero-order chi connectivity index (χ0) is 20.5. The van der Waals surface area contributed by atoms with Crippen molar-refractivity contribution in [3.05, 3.63) is 60.2 Å². The Morgan fingerprint density at radius 1 is 1.14 bits per heavy atom. The van der Waals surface area contributed by atoms with Gasteiger partial charge in [0, 0.05) is 11.4 Å². The zero-order valence-corrected chi connectivity index (χ0v) is 15.5. The van der Waals surface area contributed by atoms with Gasteiger partial charge < -0.3 is 20.5 Å². The minimum absolute atomic E-state index is 0.0247. The molecule has 3 N–H and O–H groups in total. The number of carbonyl (C=O) groups is 3. The number of amides is 2. The van der Waals surface area contributed by atoms with Gasteiger partial charge in [-0.2, -0.15) is 0 Å². The van der Waals surface area contributed by atoms with E-state index in [1.54, 1.807) is 18.2 Å². The highest BCUT2D eigenvalue weighted by Crippen LogP contribution is 2.34. The lowest BCUT2D eigenvalue weighted by Crippen LogP contribution is -2.35. The summed E-state index contributed by atoms with van der Waals surface area (Å²) in [5, 5.41) is 15.2. The highest BCUT2D eigenvalue weighted by molar-refractivity contribution is 6.08. The number of hydrogen-bond acceptors (Lipinski definition) is 5. The zero-order valence-electron chi connectivity index (χ0n) is 15.5. The van der Waals surface area contributed by atoms with Crippen molar-refractivity contribution in [2.45, 2.75) is 25.9 Å². The molecular formula is C21H20N2O5. The van der Waals surface area contributed by atoms with Crippen molar-refractivity contribution >= 4 is 29.0 Å². The lowest BCUT2D eigenvalue weighted by molar-refractivity contribution is -0.111. The molecule has 7 nitrogen and oxygen atoms in total. The SMILES string of the molecule is C=CC(=O)Nc1ccc(O)c(C(=O)Nc2ccc3c(c2)C(=O)CC(C)(C)O3)c1. The quantitative estimate of drug-likeness (QED) is 0.556. The van der Waals surface area contributed by atoms with Crippen LogP contribution in [0.3, 0.4) is 0 Å². The molecule has 144 valence electrons. The molecule has 1 heterocycles. The molecule has 0 bridgehead atoms. The Morgan fingerprint density at radius 2 is 1.82 bits per heavy atom. The monoisotopic (exact) mass is 380 g/mol. The van der Waals surface area contributed by atoms with Gasteiger partial charge in [-0.05, 0) is 56.3 Å². The average molecular weight is 380 g/mol. The van der Waals surface area contributed by atoms with E-state index in [1.165, 1.54) is 18.2 Å². The standard InChI is InChI=1S/C21H20N2O5/c1-4-19(26)22-12-5-7-16(24)15(10-12)20(27)23-13-6-8-18-14(9-13)17(25)11-21(2,3)28-18/h4-10,24H,1,11H2,2-3H3,(H,22,26)(H,23,27). The van der Waals surface area contributed by atoms with Gasteiger partial charge in [-0.1, -0.05) is 6.58 Å². The van der Waals surface area contributed by atoms with Gasteiger partial charge in [-0.25, -0.2) is 0 Å². The molecule has 1 aliphatic rings. The van der Waals surface area contributed by atoms with Crippen LogP contribution in [0.5, 0.6) is 11.5 Å². The summed E-state index contributed by atoms with van der Waals surface area (Å²) >= 11 is 0. The number of carbonyl (C=O) groups excluding carboxylic acids is 3. The van der Waals surface area contributed by atoms with Crippen molar-refractivity contribution in [1.82, 2.24) is 0 Å². The molecule has 0 saturated heterocycles. The first-order valence-corrected chi connectivity index (χ1v) is 8.62. The van der Waals surface area contributed by atoms with Crippen LogP contribution in [-0.4, -0.2) is 28.3 Å². The van der Waals surface area contributed by atoms with Crippen LogP contribution in [-0.2, 0) is 4.79 Å². The highest BCUT2D eigenvalue weighted by atomic mass is 16.5. The Hall–Kier alpha value is -3.61. The lowest BCUT2D eigenvalue weighted by Gasteiger charge is -2.31. The molecule has 2 aromatic rings. The Labute approximate surface area is 162 Å². The number of hydrogen-bond donors (Lipinski definition) is 3. The maximum absolute atomic E-state index is 12.6. The van der Waals surface area contributed by atoms with Gasteiger partial charge in [0.1, 0.15) is 17.1 Å². The maximum Gasteiger partial charge on any atom is 0.259 e. The molecule has 2 amide bonds. The Morgan fingerprint density at radius 3 is 2.54 bits per heavy atom. The maximum atomic E-state index is 12.6. The molecule has 0 aromatic heterocycles. The topological polar surface area (TPSA) is 105 Å². The number of nitrogens with one attached hydrogen (secondary N) is 2. The van der Waals surface area contributed by atoms with Crippen molar-refractivity contribution < 1.29 is 24.2 Å². The molecule has 7 heteroatoms. The number of benzene rings is 2. The molecule has 0 saturated carbocycles. The number of aromatic hydroxyl groups is 1. The fraction of sp³-hybridized carbons (Fsp3) is 0.190. The van der Waals surface area contributed by atoms with E-state index in [4.69, 9.17) is 4.74 Å². The van der Waals surface area contributed by atoms with Gasteiger partial charge in [-0.3, -0.25) is 14.4 Å². The van der Waals surface area contributed by atoms with Gasteiger partial charge >= 0.3 is 0 Å². The summed E-state index contributed by atoms with van der Waals surface area (Å²) in [7, 11) is 0. The van der Waals surface area contributed by atoms with Crippen LogP contribution in [0.25, 0.3) is 0 Å². The van der Waals surface area contributed by atoms with Gasteiger partial charge in [0.25, 0.3) is 5.91 Å². The number of ketones is 1. The number of Topliss-reactive ketones (excluding diaryl/α,β-unsaturated/α-hetero) is 1. The summed E-state index contributed by atoms with van der Waals surface area (Å²) in [6.45, 7) is 7.03. The van der Waals surface area contributed by atoms with Crippen molar-refractivity contribution in [3.8, 4) is 11.5 Å². The summed E-state index contributed by atoms with van der Waals surface area (Å²) in [5.41, 5.74) is 0.526. The van der Waals surface area contributed by atoms with E-state index in [0.717, 1.165) is 6.08 Å². The summed E-state index contributed by atoms with van der Waals surface area (Å²) in [5.74, 6) is -0.867. The molecular weight excluding hydrogens is 360 g/mol. The number of anilines is 2. The molecule has 1 aliphatic heterocycles. The molecule has 0 fully saturated rings. The molecule has 0 aliphatic carbocycles. The van der Waals surface area contributed by atoms with Crippen molar-refractivity contribution in [3.63, 3.8) is 0 Å². The van der Waals surface area contributed by atoms with Crippen molar-refractivity contribution in [2.75, 3.05) is 10.6 Å². The van der Waals surface area contributed by atoms with Crippen LogP contribution in [0.2, 0.25) is 0 Å². The third kappa shape index (κ3) is 4.03. The third-order valence-corrected chi connectivity index (χ3v) is 4.20.